The molecule has 0 radical (unpaired) electrons. The molecule has 0 atom stereocenters. The molecule has 0 bridgehead atoms. The van der Waals surface area contributed by atoms with Crippen LogP contribution in [0, 0.1) is 6.92 Å². The van der Waals surface area contributed by atoms with Gasteiger partial charge in [-0.2, -0.15) is 0 Å². The Bertz CT molecular complexity index is 2150. The number of para-hydroxylation sites is 3. The molecule has 2 heteroatoms. The average molecular weight is 485 g/mol. The normalized spacial score (nSPS) is 11.8. The highest BCUT2D eigenvalue weighted by atomic mass is 15.0. The summed E-state index contributed by atoms with van der Waals surface area (Å²) in [4.78, 5) is 5.44. The van der Waals surface area contributed by atoms with Crippen molar-refractivity contribution >= 4 is 54.3 Å². The lowest BCUT2D eigenvalue weighted by atomic mass is 9.94. The number of pyridine rings is 1. The molecule has 0 unspecified atom stereocenters. The third-order valence-corrected chi connectivity index (χ3v) is 7.88. The molecule has 0 fully saturated rings. The predicted molar refractivity (Wildman–Crippen MR) is 161 cm³/mol. The first kappa shape index (κ1) is 21.2. The number of aryl methyl sites for hydroxylation is 1. The van der Waals surface area contributed by atoms with Crippen LogP contribution in [0.5, 0.6) is 0 Å². The molecular formula is C36H24N2. The van der Waals surface area contributed by atoms with Crippen LogP contribution >= 0.6 is 0 Å². The standard InChI is InChI=1S/C36H24N2/c1-23-22-31-26-14-3-2-12-24(26)25-13-4-5-17-29(25)36(31)37-35(23)30-18-8-11-21-34(30)38-32-19-9-6-15-27(32)28-16-7-10-20-33(28)38/h2-22H,1H3. The van der Waals surface area contributed by atoms with Gasteiger partial charge in [-0.3, -0.25) is 0 Å². The number of rotatable bonds is 2. The van der Waals surface area contributed by atoms with Crippen molar-refractivity contribution in [2.45, 2.75) is 6.92 Å². The fourth-order valence-electron chi connectivity index (χ4n) is 6.22. The smallest absolute Gasteiger partial charge is 0.0794 e. The van der Waals surface area contributed by atoms with Crippen LogP contribution in [-0.2, 0) is 0 Å². The maximum absolute atomic E-state index is 5.44. The molecule has 0 aliphatic carbocycles. The first-order chi connectivity index (χ1) is 18.8. The maximum atomic E-state index is 5.44. The van der Waals surface area contributed by atoms with E-state index in [0.29, 0.717) is 0 Å². The SMILES string of the molecule is Cc1cc2c3ccccc3c3ccccc3c2nc1-c1ccccc1-n1c2ccccc2c2ccccc21. The lowest BCUT2D eigenvalue weighted by Crippen LogP contribution is -2.00. The van der Waals surface area contributed by atoms with E-state index in [0.717, 1.165) is 22.5 Å². The first-order valence-corrected chi connectivity index (χ1v) is 13.1. The minimum absolute atomic E-state index is 1.02. The predicted octanol–water partition coefficient (Wildman–Crippen LogP) is 9.61. The van der Waals surface area contributed by atoms with E-state index in [4.69, 9.17) is 4.98 Å². The summed E-state index contributed by atoms with van der Waals surface area (Å²) in [6.45, 7) is 2.19. The Morgan fingerprint density at radius 3 is 1.61 bits per heavy atom. The summed E-state index contributed by atoms with van der Waals surface area (Å²) in [6, 6.07) is 45.7. The quantitative estimate of drug-likeness (QED) is 0.223. The summed E-state index contributed by atoms with van der Waals surface area (Å²) in [5.74, 6) is 0. The molecule has 0 spiro atoms. The molecule has 2 nitrogen and oxygen atoms in total. The summed E-state index contributed by atoms with van der Waals surface area (Å²) in [6.07, 6.45) is 0. The minimum Gasteiger partial charge on any atom is -0.309 e. The van der Waals surface area contributed by atoms with Crippen molar-refractivity contribution < 1.29 is 0 Å². The monoisotopic (exact) mass is 484 g/mol. The first-order valence-electron chi connectivity index (χ1n) is 13.1. The van der Waals surface area contributed by atoms with Crippen molar-refractivity contribution in [2.75, 3.05) is 0 Å². The van der Waals surface area contributed by atoms with Crippen molar-refractivity contribution in [3.63, 3.8) is 0 Å². The maximum Gasteiger partial charge on any atom is 0.0794 e. The zero-order chi connectivity index (χ0) is 25.2. The van der Waals surface area contributed by atoms with Crippen LogP contribution in [0.3, 0.4) is 0 Å². The van der Waals surface area contributed by atoms with Gasteiger partial charge in [0.25, 0.3) is 0 Å². The molecule has 0 saturated carbocycles. The van der Waals surface area contributed by atoms with Crippen molar-refractivity contribution in [1.29, 1.82) is 0 Å². The Balaban J connectivity index is 1.49. The van der Waals surface area contributed by atoms with Gasteiger partial charge in [0, 0.05) is 27.1 Å². The van der Waals surface area contributed by atoms with Crippen LogP contribution in [0.4, 0.5) is 0 Å². The largest absolute Gasteiger partial charge is 0.309 e. The highest BCUT2D eigenvalue weighted by Gasteiger charge is 2.18. The third-order valence-electron chi connectivity index (χ3n) is 7.88. The van der Waals surface area contributed by atoms with Crippen LogP contribution < -0.4 is 0 Å². The van der Waals surface area contributed by atoms with E-state index in [1.165, 1.54) is 54.3 Å². The van der Waals surface area contributed by atoms with Gasteiger partial charge in [-0.05, 0) is 52.9 Å². The van der Waals surface area contributed by atoms with E-state index >= 15 is 0 Å². The van der Waals surface area contributed by atoms with Crippen molar-refractivity contribution in [3.05, 3.63) is 133 Å². The highest BCUT2D eigenvalue weighted by molar-refractivity contribution is 6.24. The zero-order valence-corrected chi connectivity index (χ0v) is 21.0. The van der Waals surface area contributed by atoms with Gasteiger partial charge in [0.1, 0.15) is 0 Å². The number of hydrogen-bond acceptors (Lipinski definition) is 1. The number of nitrogens with zero attached hydrogens (tertiary/aromatic N) is 2. The second-order valence-electron chi connectivity index (χ2n) is 10.0. The number of fused-ring (bicyclic) bond motifs is 9. The van der Waals surface area contributed by atoms with Crippen molar-refractivity contribution in [1.82, 2.24) is 9.55 Å². The van der Waals surface area contributed by atoms with Crippen molar-refractivity contribution in [3.8, 4) is 16.9 Å². The molecule has 0 amide bonds. The molecule has 0 saturated heterocycles. The molecule has 2 aromatic heterocycles. The van der Waals surface area contributed by atoms with Gasteiger partial charge in [-0.25, -0.2) is 4.98 Å². The molecule has 2 heterocycles. The molecule has 38 heavy (non-hydrogen) atoms. The number of benzene rings is 6. The Labute approximate surface area is 220 Å². The molecule has 6 aromatic carbocycles. The summed E-state index contributed by atoms with van der Waals surface area (Å²) in [5, 5.41) is 8.69. The fraction of sp³-hybridized carbons (Fsp3) is 0.0278. The molecule has 0 N–H and O–H groups in total. The molecule has 0 aliphatic rings. The van der Waals surface area contributed by atoms with Gasteiger partial charge in [0.15, 0.2) is 0 Å². The molecule has 178 valence electrons. The Kier molecular flexibility index (Phi) is 4.47. The Hall–Kier alpha value is -4.95. The fourth-order valence-corrected chi connectivity index (χ4v) is 6.22. The number of hydrogen-bond donors (Lipinski definition) is 0. The number of aromatic nitrogens is 2. The zero-order valence-electron chi connectivity index (χ0n) is 21.0. The highest BCUT2D eigenvalue weighted by Crippen LogP contribution is 2.39. The molecule has 8 aromatic rings. The van der Waals surface area contributed by atoms with E-state index in [-0.39, 0.29) is 0 Å². The second kappa shape index (κ2) is 8.03. The lowest BCUT2D eigenvalue weighted by molar-refractivity contribution is 1.17. The van der Waals surface area contributed by atoms with Crippen LogP contribution in [-0.4, -0.2) is 9.55 Å². The summed E-state index contributed by atoms with van der Waals surface area (Å²) >= 11 is 0. The van der Waals surface area contributed by atoms with Crippen LogP contribution in [0.1, 0.15) is 5.56 Å². The van der Waals surface area contributed by atoms with Gasteiger partial charge in [-0.15, -0.1) is 0 Å². The van der Waals surface area contributed by atoms with E-state index in [2.05, 4.69) is 139 Å². The topological polar surface area (TPSA) is 17.8 Å². The Morgan fingerprint density at radius 1 is 0.474 bits per heavy atom. The van der Waals surface area contributed by atoms with Crippen LogP contribution in [0.15, 0.2) is 127 Å². The molecular weight excluding hydrogens is 460 g/mol. The van der Waals surface area contributed by atoms with Crippen LogP contribution in [0.2, 0.25) is 0 Å². The van der Waals surface area contributed by atoms with E-state index in [9.17, 15) is 0 Å². The summed E-state index contributed by atoms with van der Waals surface area (Å²) in [7, 11) is 0. The van der Waals surface area contributed by atoms with Crippen molar-refractivity contribution in [2.24, 2.45) is 0 Å². The van der Waals surface area contributed by atoms with E-state index in [1.54, 1.807) is 0 Å². The minimum atomic E-state index is 1.02. The van der Waals surface area contributed by atoms with E-state index < -0.39 is 0 Å². The van der Waals surface area contributed by atoms with Gasteiger partial charge >= 0.3 is 0 Å². The lowest BCUT2D eigenvalue weighted by Gasteiger charge is -2.17. The third kappa shape index (κ3) is 2.92. The van der Waals surface area contributed by atoms with Gasteiger partial charge in [0.05, 0.1) is 27.9 Å². The van der Waals surface area contributed by atoms with Crippen LogP contribution in [0.25, 0.3) is 71.2 Å². The summed E-state index contributed by atoms with van der Waals surface area (Å²) in [5.41, 5.74) is 7.94. The Morgan fingerprint density at radius 2 is 0.947 bits per heavy atom. The van der Waals surface area contributed by atoms with Gasteiger partial charge < -0.3 is 4.57 Å². The average Bonchev–Trinajstić information content (AvgIpc) is 3.31. The summed E-state index contributed by atoms with van der Waals surface area (Å²) < 4.78 is 2.39. The second-order valence-corrected chi connectivity index (χ2v) is 10.0. The van der Waals surface area contributed by atoms with Gasteiger partial charge in [0.2, 0.25) is 0 Å². The van der Waals surface area contributed by atoms with Gasteiger partial charge in [-0.1, -0.05) is 103 Å². The molecule has 0 aliphatic heterocycles. The molecule has 8 rings (SSSR count). The van der Waals surface area contributed by atoms with E-state index in [1.807, 2.05) is 0 Å².